The Balaban J connectivity index is 2.10. The van der Waals surface area contributed by atoms with Crippen LogP contribution in [0.2, 0.25) is 0 Å². The van der Waals surface area contributed by atoms with E-state index < -0.39 is 33.6 Å². The average Bonchev–Trinajstić information content (AvgIpc) is 2.56. The fraction of sp³-hybridized carbons (Fsp3) is 0.278. The van der Waals surface area contributed by atoms with Crippen molar-refractivity contribution in [3.05, 3.63) is 58.3 Å². The molecule has 0 aromatic heterocycles. The van der Waals surface area contributed by atoms with Crippen molar-refractivity contribution >= 4 is 37.4 Å². The van der Waals surface area contributed by atoms with Crippen LogP contribution >= 0.6 is 15.9 Å². The van der Waals surface area contributed by atoms with Crippen LogP contribution in [0.4, 0.5) is 10.1 Å². The minimum Gasteiger partial charge on any atom is -0.389 e. The maximum atomic E-state index is 13.6. The lowest BCUT2D eigenvalue weighted by Crippen LogP contribution is -2.27. The van der Waals surface area contributed by atoms with E-state index in [0.29, 0.717) is 5.69 Å². The lowest BCUT2D eigenvalue weighted by molar-refractivity contribution is -0.118. The fourth-order valence-corrected chi connectivity index (χ4v) is 4.17. The molecule has 0 fully saturated rings. The van der Waals surface area contributed by atoms with Crippen molar-refractivity contribution in [2.24, 2.45) is 5.92 Å². The molecule has 5 nitrogen and oxygen atoms in total. The predicted octanol–water partition coefficient (Wildman–Crippen LogP) is 3.69. The van der Waals surface area contributed by atoms with Gasteiger partial charge < -0.3 is 10.4 Å². The van der Waals surface area contributed by atoms with Crippen molar-refractivity contribution in [3.63, 3.8) is 0 Å². The van der Waals surface area contributed by atoms with Crippen LogP contribution in [0, 0.1) is 11.7 Å². The van der Waals surface area contributed by atoms with E-state index in [1.807, 2.05) is 0 Å². The first-order valence-electron chi connectivity index (χ1n) is 7.87. The van der Waals surface area contributed by atoms with E-state index in [1.54, 1.807) is 12.1 Å². The van der Waals surface area contributed by atoms with Crippen LogP contribution in [0.15, 0.2) is 51.8 Å². The number of benzene rings is 2. The van der Waals surface area contributed by atoms with Gasteiger partial charge in [-0.2, -0.15) is 0 Å². The van der Waals surface area contributed by atoms with Crippen molar-refractivity contribution in [1.29, 1.82) is 0 Å². The van der Waals surface area contributed by atoms with Crippen molar-refractivity contribution < 1.29 is 22.7 Å². The van der Waals surface area contributed by atoms with Crippen LogP contribution in [-0.4, -0.2) is 25.2 Å². The number of carbonyl (C=O) groups is 1. The molecule has 0 unspecified atom stereocenters. The molecule has 0 spiro atoms. The van der Waals surface area contributed by atoms with E-state index in [1.165, 1.54) is 38.1 Å². The first-order chi connectivity index (χ1) is 12.1. The molecule has 2 atom stereocenters. The number of rotatable bonds is 6. The molecule has 8 heteroatoms. The molecule has 140 valence electrons. The maximum Gasteiger partial charge on any atom is 0.228 e. The second-order valence-electron chi connectivity index (χ2n) is 6.04. The largest absolute Gasteiger partial charge is 0.389 e. The molecule has 2 aromatic rings. The third kappa shape index (κ3) is 5.12. The molecule has 2 N–H and O–H groups in total. The highest BCUT2D eigenvalue weighted by Gasteiger charge is 2.23. The van der Waals surface area contributed by atoms with Gasteiger partial charge in [-0.25, -0.2) is 12.8 Å². The summed E-state index contributed by atoms with van der Waals surface area (Å²) < 4.78 is 39.2. The Bertz CT molecular complexity index is 898. The Morgan fingerprint density at radius 1 is 1.19 bits per heavy atom. The van der Waals surface area contributed by atoms with Gasteiger partial charge >= 0.3 is 0 Å². The fourth-order valence-electron chi connectivity index (χ4n) is 2.35. The van der Waals surface area contributed by atoms with Gasteiger partial charge in [0.05, 0.1) is 16.8 Å². The highest BCUT2D eigenvalue weighted by Crippen LogP contribution is 2.22. The molecule has 2 rings (SSSR count). The van der Waals surface area contributed by atoms with Crippen LogP contribution in [0.3, 0.4) is 0 Å². The molecule has 0 radical (unpaired) electrons. The number of aliphatic hydroxyl groups is 1. The molecule has 0 heterocycles. The van der Waals surface area contributed by atoms with E-state index >= 15 is 0 Å². The van der Waals surface area contributed by atoms with Crippen LogP contribution in [0.1, 0.15) is 25.5 Å². The van der Waals surface area contributed by atoms with Crippen LogP contribution in [-0.2, 0) is 14.6 Å². The SMILES string of the molecule is C[C@H](CS(=O)(=O)c1ccc(Br)cc1)C(=O)Nc1ccc(F)c([C@@H](C)O)c1. The zero-order valence-electron chi connectivity index (χ0n) is 14.2. The molecule has 0 aliphatic carbocycles. The van der Waals surface area contributed by atoms with Crippen LogP contribution in [0.25, 0.3) is 0 Å². The molecule has 2 aromatic carbocycles. The molecule has 1 amide bonds. The number of halogens is 2. The molecule has 0 saturated carbocycles. The summed E-state index contributed by atoms with van der Waals surface area (Å²) in [5.41, 5.74) is 0.345. The third-order valence-electron chi connectivity index (χ3n) is 3.80. The summed E-state index contributed by atoms with van der Waals surface area (Å²) in [4.78, 5) is 12.4. The Morgan fingerprint density at radius 3 is 2.38 bits per heavy atom. The summed E-state index contributed by atoms with van der Waals surface area (Å²) in [6.07, 6.45) is -1.03. The number of hydrogen-bond acceptors (Lipinski definition) is 4. The second-order valence-corrected chi connectivity index (χ2v) is 8.99. The number of nitrogens with one attached hydrogen (secondary N) is 1. The van der Waals surface area contributed by atoms with Crippen LogP contribution < -0.4 is 5.32 Å². The normalized spacial score (nSPS) is 13.9. The van der Waals surface area contributed by atoms with Gasteiger partial charge in [0.25, 0.3) is 0 Å². The summed E-state index contributed by atoms with van der Waals surface area (Å²) >= 11 is 3.24. The van der Waals surface area contributed by atoms with Crippen molar-refractivity contribution in [1.82, 2.24) is 0 Å². The maximum absolute atomic E-state index is 13.6. The summed E-state index contributed by atoms with van der Waals surface area (Å²) in [5, 5.41) is 12.1. The van der Waals surface area contributed by atoms with E-state index in [0.717, 1.165) is 10.5 Å². The second kappa shape index (κ2) is 8.28. The van der Waals surface area contributed by atoms with Gasteiger partial charge in [0.15, 0.2) is 9.84 Å². The summed E-state index contributed by atoms with van der Waals surface area (Å²) in [7, 11) is -3.62. The first-order valence-corrected chi connectivity index (χ1v) is 10.3. The number of amides is 1. The predicted molar refractivity (Wildman–Crippen MR) is 101 cm³/mol. The number of aliphatic hydroxyl groups excluding tert-OH is 1. The van der Waals surface area contributed by atoms with Gasteiger partial charge in [0.1, 0.15) is 5.82 Å². The van der Waals surface area contributed by atoms with Gasteiger partial charge in [-0.15, -0.1) is 0 Å². The number of hydrogen-bond donors (Lipinski definition) is 2. The molecule has 0 aliphatic heterocycles. The average molecular weight is 444 g/mol. The molecule has 0 aliphatic rings. The van der Waals surface area contributed by atoms with E-state index in [2.05, 4.69) is 21.2 Å². The topological polar surface area (TPSA) is 83.5 Å². The summed E-state index contributed by atoms with van der Waals surface area (Å²) in [6.45, 7) is 2.92. The lowest BCUT2D eigenvalue weighted by Gasteiger charge is -2.14. The smallest absolute Gasteiger partial charge is 0.228 e. The lowest BCUT2D eigenvalue weighted by atomic mass is 10.1. The number of carbonyl (C=O) groups excluding carboxylic acids is 1. The Morgan fingerprint density at radius 2 is 1.81 bits per heavy atom. The minimum atomic E-state index is -3.62. The Labute approximate surface area is 160 Å². The van der Waals surface area contributed by atoms with Crippen molar-refractivity contribution in [3.8, 4) is 0 Å². The van der Waals surface area contributed by atoms with E-state index in [4.69, 9.17) is 0 Å². The van der Waals surface area contributed by atoms with Crippen LogP contribution in [0.5, 0.6) is 0 Å². The minimum absolute atomic E-state index is 0.0536. The highest BCUT2D eigenvalue weighted by molar-refractivity contribution is 9.10. The Kier molecular flexibility index (Phi) is 6.54. The molecule has 0 saturated heterocycles. The van der Waals surface area contributed by atoms with Gasteiger partial charge in [0.2, 0.25) is 5.91 Å². The highest BCUT2D eigenvalue weighted by atomic mass is 79.9. The molecule has 0 bridgehead atoms. The number of sulfone groups is 1. The van der Waals surface area contributed by atoms with Gasteiger partial charge in [-0.1, -0.05) is 22.9 Å². The third-order valence-corrected chi connectivity index (χ3v) is 6.26. The van der Waals surface area contributed by atoms with E-state index in [9.17, 15) is 22.7 Å². The zero-order valence-corrected chi connectivity index (χ0v) is 16.6. The zero-order chi connectivity index (χ0) is 19.5. The van der Waals surface area contributed by atoms with Crippen molar-refractivity contribution in [2.75, 3.05) is 11.1 Å². The molecular formula is C18H19BrFNO4S. The number of anilines is 1. The van der Waals surface area contributed by atoms with Gasteiger partial charge in [0, 0.05) is 21.6 Å². The summed E-state index contributed by atoms with van der Waals surface area (Å²) in [6, 6.07) is 10.0. The quantitative estimate of drug-likeness (QED) is 0.712. The standard InChI is InChI=1S/C18H19BrFNO4S/c1-11(10-26(24,25)15-6-3-13(19)4-7-15)18(23)21-14-5-8-17(20)16(9-14)12(2)22/h3-9,11-12,22H,10H2,1-2H3,(H,21,23)/t11-,12-/m1/s1. The van der Waals surface area contributed by atoms with Gasteiger partial charge in [-0.05, 0) is 49.4 Å². The van der Waals surface area contributed by atoms with E-state index in [-0.39, 0.29) is 16.2 Å². The molecule has 26 heavy (non-hydrogen) atoms. The van der Waals surface area contributed by atoms with Gasteiger partial charge in [-0.3, -0.25) is 4.79 Å². The van der Waals surface area contributed by atoms with Crippen molar-refractivity contribution in [2.45, 2.75) is 24.8 Å². The summed E-state index contributed by atoms with van der Waals surface area (Å²) in [5.74, 6) is -2.26. The first kappa shape index (κ1) is 20.5. The molecular weight excluding hydrogens is 425 g/mol. The monoisotopic (exact) mass is 443 g/mol. The Hall–Kier alpha value is -1.77.